The van der Waals surface area contributed by atoms with Gasteiger partial charge in [-0.2, -0.15) is 15.3 Å². The van der Waals surface area contributed by atoms with Crippen LogP contribution in [0.15, 0.2) is 58.3 Å². The van der Waals surface area contributed by atoms with Crippen LogP contribution in [-0.2, 0) is 6.54 Å². The molecule has 1 aliphatic rings. The van der Waals surface area contributed by atoms with Gasteiger partial charge in [-0.1, -0.05) is 0 Å². The van der Waals surface area contributed by atoms with E-state index in [9.17, 15) is 9.59 Å². The predicted molar refractivity (Wildman–Crippen MR) is 83.4 cm³/mol. The maximum atomic E-state index is 12.2. The van der Waals surface area contributed by atoms with Gasteiger partial charge in [0, 0.05) is 18.8 Å². The van der Waals surface area contributed by atoms with E-state index in [1.807, 2.05) is 0 Å². The van der Waals surface area contributed by atoms with E-state index >= 15 is 0 Å². The lowest BCUT2D eigenvalue weighted by Gasteiger charge is -2.11. The summed E-state index contributed by atoms with van der Waals surface area (Å²) in [7, 11) is 0. The molecule has 0 amide bonds. The average Bonchev–Trinajstić information content (AvgIpc) is 3.08. The van der Waals surface area contributed by atoms with Crippen molar-refractivity contribution in [2.45, 2.75) is 13.0 Å². The Labute approximate surface area is 134 Å². The van der Waals surface area contributed by atoms with Gasteiger partial charge in [0.15, 0.2) is 5.82 Å². The highest BCUT2D eigenvalue weighted by Crippen LogP contribution is 2.12. The lowest BCUT2D eigenvalue weighted by molar-refractivity contribution is 0.673. The molecule has 9 nitrogen and oxygen atoms in total. The van der Waals surface area contributed by atoms with Crippen molar-refractivity contribution >= 4 is 5.70 Å². The molecule has 9 heteroatoms. The fourth-order valence-electron chi connectivity index (χ4n) is 2.26. The van der Waals surface area contributed by atoms with Crippen LogP contribution in [0.5, 0.6) is 0 Å². The molecule has 0 unspecified atom stereocenters. The van der Waals surface area contributed by atoms with Gasteiger partial charge in [-0.25, -0.2) is 0 Å². The number of aromatic nitrogens is 7. The van der Waals surface area contributed by atoms with Crippen molar-refractivity contribution in [3.8, 4) is 5.82 Å². The summed E-state index contributed by atoms with van der Waals surface area (Å²) in [5.41, 5.74) is 2.92. The number of hydrogen-bond acceptors (Lipinski definition) is 6. The number of nitrogens with zero attached hydrogens (tertiary/aromatic N) is 7. The van der Waals surface area contributed by atoms with Gasteiger partial charge in [-0.05, 0) is 18.2 Å². The Morgan fingerprint density at radius 3 is 2.46 bits per heavy atom. The molecule has 0 fully saturated rings. The van der Waals surface area contributed by atoms with E-state index in [2.05, 4.69) is 26.1 Å². The van der Waals surface area contributed by atoms with Gasteiger partial charge in [0.05, 0.1) is 30.3 Å². The van der Waals surface area contributed by atoms with Gasteiger partial charge in [0.1, 0.15) is 0 Å². The predicted octanol–water partition coefficient (Wildman–Crippen LogP) is -0.171. The van der Waals surface area contributed by atoms with Gasteiger partial charge in [0.25, 0.3) is 0 Å². The minimum atomic E-state index is -0.613. The molecule has 0 saturated heterocycles. The number of rotatable bonds is 4. The average molecular weight is 321 g/mol. The second kappa shape index (κ2) is 5.56. The Balaban J connectivity index is 1.62. The van der Waals surface area contributed by atoms with E-state index in [4.69, 9.17) is 0 Å². The van der Waals surface area contributed by atoms with Gasteiger partial charge in [-0.3, -0.25) is 14.2 Å². The van der Waals surface area contributed by atoms with Crippen LogP contribution in [0.25, 0.3) is 11.5 Å². The van der Waals surface area contributed by atoms with E-state index in [0.29, 0.717) is 23.6 Å². The van der Waals surface area contributed by atoms with Gasteiger partial charge in [0.2, 0.25) is 0 Å². The fraction of sp³-hybridized carbons (Fsp3) is 0.133. The second-order valence-electron chi connectivity index (χ2n) is 5.11. The first kappa shape index (κ1) is 14.0. The zero-order valence-corrected chi connectivity index (χ0v) is 12.4. The molecule has 0 atom stereocenters. The highest BCUT2D eigenvalue weighted by molar-refractivity contribution is 5.52. The molecule has 118 valence electrons. The van der Waals surface area contributed by atoms with Gasteiger partial charge in [-0.15, -0.1) is 15.6 Å². The molecule has 0 aromatic carbocycles. The van der Waals surface area contributed by atoms with Crippen molar-refractivity contribution in [1.82, 2.24) is 34.3 Å². The van der Waals surface area contributed by atoms with Crippen molar-refractivity contribution in [3.05, 3.63) is 75.1 Å². The summed E-state index contributed by atoms with van der Waals surface area (Å²) in [4.78, 5) is 25.7. The van der Waals surface area contributed by atoms with Crippen LogP contribution < -0.4 is 11.1 Å². The van der Waals surface area contributed by atoms with E-state index < -0.39 is 11.1 Å². The quantitative estimate of drug-likeness (QED) is 0.488. The highest BCUT2D eigenvalue weighted by atomic mass is 16.2. The number of allylic oxidation sites excluding steroid dienone is 1. The maximum absolute atomic E-state index is 12.2. The summed E-state index contributed by atoms with van der Waals surface area (Å²) < 4.78 is 2.62. The van der Waals surface area contributed by atoms with Crippen molar-refractivity contribution < 1.29 is 0 Å². The fourth-order valence-corrected chi connectivity index (χ4v) is 2.26. The van der Waals surface area contributed by atoms with E-state index in [1.165, 1.54) is 26.3 Å². The maximum Gasteiger partial charge on any atom is 0.321 e. The largest absolute Gasteiger partial charge is 0.321 e. The molecule has 3 aromatic heterocycles. The Bertz CT molecular complexity index is 1070. The van der Waals surface area contributed by atoms with Gasteiger partial charge < -0.3 is 4.57 Å². The third-order valence-electron chi connectivity index (χ3n) is 3.57. The van der Waals surface area contributed by atoms with Crippen LogP contribution in [0.4, 0.5) is 0 Å². The minimum absolute atomic E-state index is 0.156. The molecule has 4 rings (SSSR count). The first-order valence-corrected chi connectivity index (χ1v) is 7.18. The van der Waals surface area contributed by atoms with Crippen LogP contribution in [0.2, 0.25) is 0 Å². The highest BCUT2D eigenvalue weighted by Gasteiger charge is 2.11. The van der Waals surface area contributed by atoms with Crippen LogP contribution in [0.1, 0.15) is 12.1 Å². The summed E-state index contributed by atoms with van der Waals surface area (Å²) in [6.07, 6.45) is 8.64. The number of hydrogen-bond donors (Lipinski definition) is 0. The molecular formula is C15H11N7O2. The SMILES string of the molecule is O=c1c(=O)n(C2=C=CC2)ccn1Cc1ccc(-n2nccn2)nn1. The third kappa shape index (κ3) is 2.38. The summed E-state index contributed by atoms with van der Waals surface area (Å²) >= 11 is 0. The van der Waals surface area contributed by atoms with Crippen LogP contribution in [0, 0.1) is 0 Å². The first-order valence-electron chi connectivity index (χ1n) is 7.18. The molecule has 0 N–H and O–H groups in total. The minimum Gasteiger partial charge on any atom is -0.303 e. The molecule has 3 aromatic rings. The Morgan fingerprint density at radius 1 is 1.04 bits per heavy atom. The van der Waals surface area contributed by atoms with Crippen LogP contribution >= 0.6 is 0 Å². The summed E-state index contributed by atoms with van der Waals surface area (Å²) in [6.45, 7) is 0.156. The molecule has 3 heterocycles. The zero-order chi connectivity index (χ0) is 16.5. The summed E-state index contributed by atoms with van der Waals surface area (Å²) in [5, 5.41) is 16.0. The van der Waals surface area contributed by atoms with Crippen LogP contribution in [-0.4, -0.2) is 34.3 Å². The van der Waals surface area contributed by atoms with E-state index in [0.717, 1.165) is 0 Å². The molecular weight excluding hydrogens is 310 g/mol. The molecule has 0 aliphatic heterocycles. The second-order valence-corrected chi connectivity index (χ2v) is 5.11. The Kier molecular flexibility index (Phi) is 3.25. The standard InChI is InChI=1S/C15H11N7O2/c23-14-15(24)21(12-2-1-3-12)9-8-20(14)10-11-4-5-13(19-18-11)22-16-6-7-17-22/h1,4-9H,2,10H2. The lowest BCUT2D eigenvalue weighted by atomic mass is 10.2. The molecule has 0 radical (unpaired) electrons. The lowest BCUT2D eigenvalue weighted by Crippen LogP contribution is -2.40. The van der Waals surface area contributed by atoms with Crippen LogP contribution in [0.3, 0.4) is 0 Å². The molecule has 0 saturated carbocycles. The smallest absolute Gasteiger partial charge is 0.303 e. The van der Waals surface area contributed by atoms with Crippen molar-refractivity contribution in [2.24, 2.45) is 0 Å². The normalized spacial score (nSPS) is 12.8. The topological polar surface area (TPSA) is 100 Å². The Hall–Kier alpha value is -3.58. The van der Waals surface area contributed by atoms with E-state index in [-0.39, 0.29) is 6.54 Å². The zero-order valence-electron chi connectivity index (χ0n) is 12.4. The van der Waals surface area contributed by atoms with Crippen molar-refractivity contribution in [3.63, 3.8) is 0 Å². The molecule has 0 bridgehead atoms. The molecule has 24 heavy (non-hydrogen) atoms. The summed E-state index contributed by atoms with van der Waals surface area (Å²) in [6, 6.07) is 3.40. The van der Waals surface area contributed by atoms with Gasteiger partial charge >= 0.3 is 11.1 Å². The third-order valence-corrected chi connectivity index (χ3v) is 3.57. The van der Waals surface area contributed by atoms with Crippen molar-refractivity contribution in [1.29, 1.82) is 0 Å². The van der Waals surface area contributed by atoms with E-state index in [1.54, 1.807) is 30.6 Å². The first-order chi connectivity index (χ1) is 11.7. The Morgan fingerprint density at radius 2 is 1.83 bits per heavy atom. The monoisotopic (exact) mass is 321 g/mol. The summed E-state index contributed by atoms with van der Waals surface area (Å²) in [5.74, 6) is 0.468. The van der Waals surface area contributed by atoms with Crippen molar-refractivity contribution in [2.75, 3.05) is 0 Å². The molecule has 1 aliphatic carbocycles. The molecule has 0 spiro atoms.